The van der Waals surface area contributed by atoms with Crippen molar-refractivity contribution in [2.24, 2.45) is 5.92 Å². The number of carbonyl (C=O) groups is 3. The van der Waals surface area contributed by atoms with Crippen LogP contribution in [0.25, 0.3) is 0 Å². The van der Waals surface area contributed by atoms with Crippen LogP contribution in [0.3, 0.4) is 0 Å². The van der Waals surface area contributed by atoms with E-state index >= 15 is 0 Å². The molecule has 5 N–H and O–H groups in total. The number of ether oxygens (including phenoxy) is 1. The van der Waals surface area contributed by atoms with Crippen LogP contribution >= 0.6 is 11.6 Å². The van der Waals surface area contributed by atoms with E-state index in [1.54, 1.807) is 4.90 Å². The van der Waals surface area contributed by atoms with Crippen molar-refractivity contribution in [1.82, 2.24) is 25.5 Å². The van der Waals surface area contributed by atoms with E-state index < -0.39 is 36.0 Å². The van der Waals surface area contributed by atoms with Crippen molar-refractivity contribution >= 4 is 35.0 Å². The summed E-state index contributed by atoms with van der Waals surface area (Å²) in [4.78, 5) is 46.7. The molecule has 2 saturated heterocycles. The van der Waals surface area contributed by atoms with Crippen LogP contribution in [-0.4, -0.2) is 82.6 Å². The van der Waals surface area contributed by atoms with Crippen LogP contribution in [0.4, 0.5) is 23.2 Å². The molecule has 0 saturated carbocycles. The highest BCUT2D eigenvalue weighted by molar-refractivity contribution is 6.34. The largest absolute Gasteiger partial charge is 0.432 e. The van der Waals surface area contributed by atoms with Gasteiger partial charge >= 0.3 is 6.61 Å². The fourth-order valence-electron chi connectivity index (χ4n) is 5.25. The van der Waals surface area contributed by atoms with Gasteiger partial charge in [-0.2, -0.15) is 13.2 Å². The number of hydrogen-bond acceptors (Lipinski definition) is 7. The second-order valence-corrected chi connectivity index (χ2v) is 11.1. The first-order chi connectivity index (χ1) is 21.5. The zero-order valence-corrected chi connectivity index (χ0v) is 24.3. The van der Waals surface area contributed by atoms with E-state index in [-0.39, 0.29) is 63.6 Å². The standard InChI is InChI=1S/C29H29ClF4N6O5/c30-19-10-16(2-3-18(19)28(44)40-7-5-14(6-8-40)26(42)39-20-12-35-13-21(20)41)38-27(43)25-36-11-17(37-25)9-15-1-4-22(45-29(33)34)24(32)23(15)31/h1-4,10-11,14,20-21,29,35,41H,5-9,12-13H2,(H,36,37)(H,38,43)(H,39,42)/t20-,21-/m0/s1. The molecular formula is C29H29ClF4N6O5. The third-order valence-electron chi connectivity index (χ3n) is 7.69. The van der Waals surface area contributed by atoms with Crippen LogP contribution in [0.1, 0.15) is 45.1 Å². The predicted molar refractivity (Wildman–Crippen MR) is 153 cm³/mol. The van der Waals surface area contributed by atoms with E-state index in [1.807, 2.05) is 0 Å². The van der Waals surface area contributed by atoms with Gasteiger partial charge in [0.25, 0.3) is 11.8 Å². The maximum atomic E-state index is 14.3. The van der Waals surface area contributed by atoms with E-state index in [9.17, 15) is 37.1 Å². The number of anilines is 1. The SMILES string of the molecule is O=C(Nc1ccc(C(=O)N2CCC(C(=O)N[C@H]3CNC[C@@H]3O)CC2)c(Cl)c1)c1ncc(Cc2ccc(OC(F)F)c(F)c2F)[nH]1. The van der Waals surface area contributed by atoms with Crippen molar-refractivity contribution in [2.45, 2.75) is 38.0 Å². The molecule has 2 aliphatic rings. The molecule has 3 heterocycles. The summed E-state index contributed by atoms with van der Waals surface area (Å²) in [6.45, 7) is -1.68. The molecule has 16 heteroatoms. The van der Waals surface area contributed by atoms with Gasteiger partial charge in [-0.1, -0.05) is 17.7 Å². The molecule has 240 valence electrons. The van der Waals surface area contributed by atoms with Crippen LogP contribution in [0.5, 0.6) is 5.75 Å². The number of β-amino-alcohol motifs (C(OH)–C–C–N with tert-alkyl or cyclic N) is 1. The lowest BCUT2D eigenvalue weighted by molar-refractivity contribution is -0.127. The minimum absolute atomic E-state index is 0.0947. The third kappa shape index (κ3) is 7.54. The summed E-state index contributed by atoms with van der Waals surface area (Å²) in [6.07, 6.45) is 1.32. The van der Waals surface area contributed by atoms with Crippen LogP contribution in [-0.2, 0) is 11.2 Å². The van der Waals surface area contributed by atoms with Gasteiger partial charge in [-0.05, 0) is 42.7 Å². The number of rotatable bonds is 9. The van der Waals surface area contributed by atoms with Crippen molar-refractivity contribution in [2.75, 3.05) is 31.5 Å². The molecule has 45 heavy (non-hydrogen) atoms. The van der Waals surface area contributed by atoms with Crippen molar-refractivity contribution in [3.05, 3.63) is 75.8 Å². The van der Waals surface area contributed by atoms with Crippen molar-refractivity contribution in [3.63, 3.8) is 0 Å². The smallest absolute Gasteiger partial charge is 0.387 e. The summed E-state index contributed by atoms with van der Waals surface area (Å²) in [6, 6.07) is 6.00. The second-order valence-electron chi connectivity index (χ2n) is 10.7. The molecule has 1 aromatic heterocycles. The number of aromatic amines is 1. The Morgan fingerprint density at radius 1 is 1.11 bits per heavy atom. The number of likely N-dealkylation sites (tertiary alicyclic amines) is 1. The molecule has 2 atom stereocenters. The number of alkyl halides is 2. The van der Waals surface area contributed by atoms with E-state index in [0.717, 1.165) is 12.1 Å². The molecule has 3 aromatic rings. The number of nitrogens with zero attached hydrogens (tertiary/aromatic N) is 2. The Morgan fingerprint density at radius 3 is 2.53 bits per heavy atom. The number of nitrogens with one attached hydrogen (secondary N) is 4. The fraction of sp³-hybridized carbons (Fsp3) is 0.379. The molecule has 0 bridgehead atoms. The van der Waals surface area contributed by atoms with Gasteiger partial charge in [0.15, 0.2) is 17.4 Å². The maximum Gasteiger partial charge on any atom is 0.387 e. The molecule has 0 radical (unpaired) electrons. The Labute approximate surface area is 259 Å². The van der Waals surface area contributed by atoms with E-state index in [1.165, 1.54) is 24.4 Å². The Hall–Kier alpha value is -4.21. The van der Waals surface area contributed by atoms with Crippen LogP contribution < -0.4 is 20.7 Å². The molecule has 2 fully saturated rings. The lowest BCUT2D eigenvalue weighted by atomic mass is 9.95. The molecule has 3 amide bonds. The monoisotopic (exact) mass is 652 g/mol. The van der Waals surface area contributed by atoms with Crippen molar-refractivity contribution < 1.29 is 41.8 Å². The summed E-state index contributed by atoms with van der Waals surface area (Å²) in [5, 5.41) is 18.5. The predicted octanol–water partition coefficient (Wildman–Crippen LogP) is 3.09. The average molecular weight is 653 g/mol. The third-order valence-corrected chi connectivity index (χ3v) is 8.00. The number of benzene rings is 2. The molecule has 0 aliphatic carbocycles. The Bertz CT molecular complexity index is 1580. The zero-order valence-electron chi connectivity index (χ0n) is 23.6. The highest BCUT2D eigenvalue weighted by Crippen LogP contribution is 2.27. The molecule has 0 spiro atoms. The zero-order chi connectivity index (χ0) is 32.2. The highest BCUT2D eigenvalue weighted by atomic mass is 35.5. The van der Waals surface area contributed by atoms with Crippen LogP contribution in [0, 0.1) is 17.6 Å². The summed E-state index contributed by atoms with van der Waals surface area (Å²) in [5.74, 6) is -5.41. The number of halogens is 5. The number of imidazole rings is 1. The van der Waals surface area contributed by atoms with Gasteiger partial charge in [0, 0.05) is 56.1 Å². The number of piperidine rings is 1. The maximum absolute atomic E-state index is 14.3. The summed E-state index contributed by atoms with van der Waals surface area (Å²) in [7, 11) is 0. The van der Waals surface area contributed by atoms with E-state index in [2.05, 4.69) is 30.7 Å². The Kier molecular flexibility index (Phi) is 9.90. The highest BCUT2D eigenvalue weighted by Gasteiger charge is 2.32. The van der Waals surface area contributed by atoms with E-state index in [0.29, 0.717) is 39.0 Å². The van der Waals surface area contributed by atoms with Gasteiger partial charge in [-0.25, -0.2) is 9.37 Å². The molecule has 11 nitrogen and oxygen atoms in total. The van der Waals surface area contributed by atoms with Gasteiger partial charge in [-0.15, -0.1) is 0 Å². The molecular weight excluding hydrogens is 624 g/mol. The van der Waals surface area contributed by atoms with Gasteiger partial charge < -0.3 is 35.7 Å². The van der Waals surface area contributed by atoms with Crippen molar-refractivity contribution in [1.29, 1.82) is 0 Å². The minimum Gasteiger partial charge on any atom is -0.432 e. The van der Waals surface area contributed by atoms with Gasteiger partial charge in [0.05, 0.1) is 22.7 Å². The summed E-state index contributed by atoms with van der Waals surface area (Å²) < 4.78 is 57.1. The Balaban J connectivity index is 1.15. The minimum atomic E-state index is -3.31. The van der Waals surface area contributed by atoms with Crippen LogP contribution in [0.15, 0.2) is 36.5 Å². The lowest BCUT2D eigenvalue weighted by Gasteiger charge is -2.32. The average Bonchev–Trinajstić information content (AvgIpc) is 3.65. The van der Waals surface area contributed by atoms with Crippen LogP contribution in [0.2, 0.25) is 5.02 Å². The number of H-pyrrole nitrogens is 1. The second kappa shape index (κ2) is 13.8. The molecule has 5 rings (SSSR count). The normalized spacial score (nSPS) is 18.7. The van der Waals surface area contributed by atoms with Gasteiger partial charge in [0.1, 0.15) is 0 Å². The first kappa shape index (κ1) is 32.2. The molecule has 2 aromatic carbocycles. The van der Waals surface area contributed by atoms with E-state index in [4.69, 9.17) is 11.6 Å². The number of hydrogen-bond donors (Lipinski definition) is 5. The van der Waals surface area contributed by atoms with Crippen molar-refractivity contribution in [3.8, 4) is 5.75 Å². The summed E-state index contributed by atoms with van der Waals surface area (Å²) in [5.41, 5.74) is 0.554. The lowest BCUT2D eigenvalue weighted by Crippen LogP contribution is -2.48. The molecule has 0 unspecified atom stereocenters. The molecule has 2 aliphatic heterocycles. The quantitative estimate of drug-likeness (QED) is 0.223. The van der Waals surface area contributed by atoms with Gasteiger partial charge in [-0.3, -0.25) is 14.4 Å². The fourth-order valence-corrected chi connectivity index (χ4v) is 5.51. The topological polar surface area (TPSA) is 149 Å². The Morgan fingerprint density at radius 2 is 1.87 bits per heavy atom. The number of carbonyl (C=O) groups excluding carboxylic acids is 3. The number of amides is 3. The van der Waals surface area contributed by atoms with Gasteiger partial charge in [0.2, 0.25) is 11.7 Å². The number of aliphatic hydroxyl groups is 1. The number of aromatic nitrogens is 2. The first-order valence-corrected chi connectivity index (χ1v) is 14.4. The number of aliphatic hydroxyl groups excluding tert-OH is 1. The first-order valence-electron chi connectivity index (χ1n) is 14.0. The summed E-state index contributed by atoms with van der Waals surface area (Å²) >= 11 is 6.39.